The van der Waals surface area contributed by atoms with Crippen LogP contribution in [0.4, 0.5) is 11.4 Å². The van der Waals surface area contributed by atoms with Gasteiger partial charge in [-0.2, -0.15) is 0 Å². The van der Waals surface area contributed by atoms with Crippen LogP contribution in [0.1, 0.15) is 25.8 Å². The monoisotopic (exact) mass is 390 g/mol. The molecule has 4 aromatic rings. The number of anilines is 2. The number of fused-ring (bicyclic) bond motifs is 2. The summed E-state index contributed by atoms with van der Waals surface area (Å²) < 4.78 is 1.93. The summed E-state index contributed by atoms with van der Waals surface area (Å²) in [6.07, 6.45) is 3.88. The Morgan fingerprint density at radius 2 is 2.00 bits per heavy atom. The first kappa shape index (κ1) is 19.1. The van der Waals surface area contributed by atoms with Gasteiger partial charge in [-0.3, -0.25) is 9.20 Å². The molecule has 4 rings (SSSR count). The van der Waals surface area contributed by atoms with Crippen LogP contribution in [0.2, 0.25) is 0 Å². The highest BCUT2D eigenvalue weighted by atomic mass is 16.1. The first-order valence-corrected chi connectivity index (χ1v) is 10.0. The van der Waals surface area contributed by atoms with Crippen LogP contribution in [0.3, 0.4) is 0 Å². The summed E-state index contributed by atoms with van der Waals surface area (Å²) in [4.78, 5) is 20.4. The van der Waals surface area contributed by atoms with Gasteiger partial charge >= 0.3 is 0 Å². The van der Waals surface area contributed by atoms with E-state index in [0.717, 1.165) is 61.1 Å². The quantitative estimate of drug-likeness (QED) is 0.186. The van der Waals surface area contributed by atoms with Gasteiger partial charge in [0.05, 0.1) is 27.3 Å². The van der Waals surface area contributed by atoms with Gasteiger partial charge in [0.1, 0.15) is 6.33 Å². The molecule has 0 atom stereocenters. The van der Waals surface area contributed by atoms with Gasteiger partial charge in [0, 0.05) is 29.7 Å². The smallest absolute Gasteiger partial charge is 0.200 e. The minimum Gasteiger partial charge on any atom is -0.398 e. The minimum atomic E-state index is -0.115. The van der Waals surface area contributed by atoms with Crippen molar-refractivity contribution in [2.45, 2.75) is 20.3 Å². The number of nitrogens with one attached hydrogen (secondary N) is 2. The normalized spacial score (nSPS) is 11.8. The van der Waals surface area contributed by atoms with Gasteiger partial charge in [-0.25, -0.2) is 4.98 Å². The highest BCUT2D eigenvalue weighted by Crippen LogP contribution is 2.30. The Morgan fingerprint density at radius 3 is 2.72 bits per heavy atom. The fourth-order valence-corrected chi connectivity index (χ4v) is 4.08. The lowest BCUT2D eigenvalue weighted by atomic mass is 10.0. The Morgan fingerprint density at radius 1 is 1.21 bits per heavy atom. The number of nitrogen functional groups attached to an aromatic ring is 1. The number of nitrogens with two attached hydrogens (primary N) is 1. The van der Waals surface area contributed by atoms with Crippen molar-refractivity contribution in [3.8, 4) is 0 Å². The van der Waals surface area contributed by atoms with Crippen molar-refractivity contribution in [2.24, 2.45) is 0 Å². The topological polar surface area (TPSA) is 99.5 Å². The zero-order valence-electron chi connectivity index (χ0n) is 16.8. The van der Waals surface area contributed by atoms with Gasteiger partial charge < -0.3 is 21.4 Å². The molecular weight excluding hydrogens is 364 g/mol. The Bertz CT molecular complexity index is 1240. The molecule has 0 aliphatic carbocycles. The summed E-state index contributed by atoms with van der Waals surface area (Å²) in [5.41, 5.74) is 9.92. The van der Waals surface area contributed by atoms with Crippen molar-refractivity contribution in [3.63, 3.8) is 0 Å². The summed E-state index contributed by atoms with van der Waals surface area (Å²) in [7, 11) is 0. The van der Waals surface area contributed by atoms with Crippen molar-refractivity contribution in [2.75, 3.05) is 37.2 Å². The van der Waals surface area contributed by atoms with Crippen LogP contribution in [0.15, 0.2) is 35.4 Å². The van der Waals surface area contributed by atoms with E-state index in [2.05, 4.69) is 29.0 Å². The Kier molecular flexibility index (Phi) is 5.07. The number of rotatable bonds is 8. The summed E-state index contributed by atoms with van der Waals surface area (Å²) in [5.74, 6) is 0. The molecule has 0 saturated heterocycles. The standard InChI is InChI=1S/C22H26N6O/c1-3-27(4-2)11-5-10-25-16-7-8-17-21-20(16)22(29)19-14(12-23)15(24)6-9-18(19)28(21)13-26-17/h6-9,12-13,23,25H,3-5,10-11,24H2,1-2H3. The van der Waals surface area contributed by atoms with E-state index in [1.54, 1.807) is 12.4 Å². The second-order valence-corrected chi connectivity index (χ2v) is 7.21. The van der Waals surface area contributed by atoms with E-state index in [9.17, 15) is 4.79 Å². The molecule has 0 spiro atoms. The zero-order valence-corrected chi connectivity index (χ0v) is 16.8. The van der Waals surface area contributed by atoms with Crippen LogP contribution in [0.25, 0.3) is 27.3 Å². The molecule has 2 heterocycles. The molecule has 0 fully saturated rings. The van der Waals surface area contributed by atoms with E-state index in [1.807, 2.05) is 22.6 Å². The van der Waals surface area contributed by atoms with E-state index in [0.29, 0.717) is 22.0 Å². The molecule has 29 heavy (non-hydrogen) atoms. The number of pyridine rings is 1. The Labute approximate surface area is 169 Å². The molecule has 7 heteroatoms. The highest BCUT2D eigenvalue weighted by Gasteiger charge is 2.19. The number of nitrogens with zero attached hydrogens (tertiary/aromatic N) is 3. The predicted molar refractivity (Wildman–Crippen MR) is 121 cm³/mol. The maximum absolute atomic E-state index is 13.5. The van der Waals surface area contributed by atoms with Crippen LogP contribution in [-0.4, -0.2) is 46.7 Å². The Balaban J connectivity index is 1.84. The third-order valence-electron chi connectivity index (χ3n) is 5.69. The lowest BCUT2D eigenvalue weighted by molar-refractivity contribution is 0.303. The Hall–Kier alpha value is -3.19. The van der Waals surface area contributed by atoms with Crippen LogP contribution < -0.4 is 16.5 Å². The van der Waals surface area contributed by atoms with E-state index < -0.39 is 0 Å². The number of benzene rings is 2. The third-order valence-corrected chi connectivity index (χ3v) is 5.69. The van der Waals surface area contributed by atoms with Crippen molar-refractivity contribution in [1.29, 1.82) is 5.41 Å². The van der Waals surface area contributed by atoms with Crippen molar-refractivity contribution < 1.29 is 0 Å². The molecule has 0 radical (unpaired) electrons. The lowest BCUT2D eigenvalue weighted by Gasteiger charge is -2.18. The van der Waals surface area contributed by atoms with Gasteiger partial charge in [-0.1, -0.05) is 13.8 Å². The number of hydrogen-bond donors (Lipinski definition) is 3. The fourth-order valence-electron chi connectivity index (χ4n) is 4.08. The van der Waals surface area contributed by atoms with Crippen LogP contribution in [0.5, 0.6) is 0 Å². The molecule has 4 N–H and O–H groups in total. The van der Waals surface area contributed by atoms with Crippen molar-refractivity contribution in [3.05, 3.63) is 46.4 Å². The molecule has 150 valence electrons. The predicted octanol–water partition coefficient (Wildman–Crippen LogP) is 3.16. The van der Waals surface area contributed by atoms with Crippen molar-refractivity contribution in [1.82, 2.24) is 14.3 Å². The third kappa shape index (κ3) is 3.07. The SMILES string of the molecule is CCN(CC)CCCNc1ccc2ncn3c4ccc(N)c(C=N)c4c(=O)c1c23. The summed E-state index contributed by atoms with van der Waals surface area (Å²) in [5, 5.41) is 12.3. The lowest BCUT2D eigenvalue weighted by Crippen LogP contribution is -2.25. The largest absolute Gasteiger partial charge is 0.398 e. The summed E-state index contributed by atoms with van der Waals surface area (Å²) in [6, 6.07) is 7.42. The van der Waals surface area contributed by atoms with Gasteiger partial charge in [0.15, 0.2) is 5.43 Å². The molecule has 0 aliphatic rings. The highest BCUT2D eigenvalue weighted by molar-refractivity contribution is 6.11. The second kappa shape index (κ2) is 7.67. The molecule has 0 amide bonds. The first-order chi connectivity index (χ1) is 14.1. The molecule has 2 aromatic carbocycles. The maximum Gasteiger partial charge on any atom is 0.200 e. The molecule has 0 bridgehead atoms. The van der Waals surface area contributed by atoms with Crippen LogP contribution in [0, 0.1) is 5.41 Å². The van der Waals surface area contributed by atoms with E-state index in [-0.39, 0.29) is 5.43 Å². The maximum atomic E-state index is 13.5. The first-order valence-electron chi connectivity index (χ1n) is 10.0. The van der Waals surface area contributed by atoms with E-state index >= 15 is 0 Å². The molecule has 7 nitrogen and oxygen atoms in total. The van der Waals surface area contributed by atoms with Crippen molar-refractivity contribution >= 4 is 44.9 Å². The van der Waals surface area contributed by atoms with Crippen LogP contribution in [-0.2, 0) is 0 Å². The van der Waals surface area contributed by atoms with Gasteiger partial charge in [0.25, 0.3) is 0 Å². The number of aromatic nitrogens is 2. The number of imidazole rings is 1. The van der Waals surface area contributed by atoms with Gasteiger partial charge in [-0.15, -0.1) is 0 Å². The molecule has 0 unspecified atom stereocenters. The zero-order chi connectivity index (χ0) is 20.5. The average Bonchev–Trinajstić information content (AvgIpc) is 3.16. The summed E-state index contributed by atoms with van der Waals surface area (Å²) >= 11 is 0. The average molecular weight is 390 g/mol. The molecule has 0 aliphatic heterocycles. The number of hydrogen-bond acceptors (Lipinski definition) is 6. The summed E-state index contributed by atoms with van der Waals surface area (Å²) in [6.45, 7) is 8.20. The van der Waals surface area contributed by atoms with E-state index in [1.165, 1.54) is 0 Å². The van der Waals surface area contributed by atoms with Gasteiger partial charge in [0.2, 0.25) is 0 Å². The molecule has 2 aromatic heterocycles. The molecule has 0 saturated carbocycles. The van der Waals surface area contributed by atoms with Gasteiger partial charge in [-0.05, 0) is 50.3 Å². The fraction of sp³-hybridized carbons (Fsp3) is 0.318. The molecular formula is C22H26N6O. The van der Waals surface area contributed by atoms with Crippen LogP contribution >= 0.6 is 0 Å². The van der Waals surface area contributed by atoms with E-state index in [4.69, 9.17) is 11.1 Å². The second-order valence-electron chi connectivity index (χ2n) is 7.21. The minimum absolute atomic E-state index is 0.115.